The Labute approximate surface area is 186 Å². The summed E-state index contributed by atoms with van der Waals surface area (Å²) in [5.41, 5.74) is 0. The summed E-state index contributed by atoms with van der Waals surface area (Å²) in [4.78, 5) is 0. The Morgan fingerprint density at radius 3 is 1.00 bits per heavy atom. The molecule has 1 nitrogen and oxygen atoms in total. The summed E-state index contributed by atoms with van der Waals surface area (Å²) in [6.07, 6.45) is 34.2. The van der Waals surface area contributed by atoms with Gasteiger partial charge < -0.3 is 4.74 Å². The smallest absolute Gasteiger partial charge is 0.0836 e. The molecule has 0 unspecified atom stereocenters. The fraction of sp³-hybridized carbons (Fsp3) is 0.964. The Morgan fingerprint density at radius 2 is 0.690 bits per heavy atom. The largest absolute Gasteiger partial charge is 0.376 e. The lowest BCUT2D eigenvalue weighted by atomic mass is 10.0. The van der Waals surface area contributed by atoms with Crippen LogP contribution >= 0.6 is 0 Å². The molecule has 29 heavy (non-hydrogen) atoms. The second-order valence-corrected chi connectivity index (χ2v) is 9.25. The third-order valence-electron chi connectivity index (χ3n) is 6.12. The van der Waals surface area contributed by atoms with Crippen LogP contribution in [0.3, 0.4) is 0 Å². The van der Waals surface area contributed by atoms with Crippen LogP contribution in [-0.4, -0.2) is 6.61 Å². The highest BCUT2D eigenvalue weighted by molar-refractivity contribution is 4.54. The van der Waals surface area contributed by atoms with E-state index in [9.17, 15) is 0 Å². The van der Waals surface area contributed by atoms with Crippen molar-refractivity contribution in [2.24, 2.45) is 0 Å². The van der Waals surface area contributed by atoms with Crippen LogP contribution in [0.25, 0.3) is 0 Å². The maximum absolute atomic E-state index is 5.40. The van der Waals surface area contributed by atoms with Gasteiger partial charge in [-0.05, 0) is 12.8 Å². The number of unbranched alkanes of at least 4 members (excludes halogenated alkanes) is 22. The Hall–Kier alpha value is -0.0400. The monoisotopic (exact) mass is 409 g/mol. The predicted molar refractivity (Wildman–Crippen MR) is 132 cm³/mol. The van der Waals surface area contributed by atoms with Gasteiger partial charge in [0.05, 0.1) is 6.61 Å². The topological polar surface area (TPSA) is 9.23 Å². The number of rotatable bonds is 26. The molecule has 0 aliphatic heterocycles. The summed E-state index contributed by atoms with van der Waals surface area (Å²) in [5.74, 6) is 0. The highest BCUT2D eigenvalue weighted by Gasteiger charge is 1.96. The SMILES string of the molecule is CCCCCCCCCCCCCCCCCCCCCCCC[CH]OCCC. The van der Waals surface area contributed by atoms with Crippen LogP contribution in [0.2, 0.25) is 0 Å². The molecule has 0 heterocycles. The van der Waals surface area contributed by atoms with E-state index in [1.807, 2.05) is 6.61 Å². The van der Waals surface area contributed by atoms with Gasteiger partial charge in [0.15, 0.2) is 0 Å². The van der Waals surface area contributed by atoms with Gasteiger partial charge in [0.25, 0.3) is 0 Å². The molecule has 0 N–H and O–H groups in total. The number of hydrogen-bond donors (Lipinski definition) is 0. The molecule has 0 fully saturated rings. The summed E-state index contributed by atoms with van der Waals surface area (Å²) in [7, 11) is 0. The van der Waals surface area contributed by atoms with Crippen LogP contribution in [0, 0.1) is 6.61 Å². The molecule has 0 amide bonds. The molecule has 0 aliphatic carbocycles. The standard InChI is InChI=1S/C28H57O/c1-3-5-6-7-8-9-10-11-12-13-14-15-16-17-18-19-20-21-22-23-24-25-26-28-29-27-4-2/h28H,3-27H2,1-2H3. The van der Waals surface area contributed by atoms with E-state index < -0.39 is 0 Å². The third kappa shape index (κ3) is 28.0. The highest BCUT2D eigenvalue weighted by Crippen LogP contribution is 2.15. The van der Waals surface area contributed by atoms with Gasteiger partial charge in [0.2, 0.25) is 0 Å². The molecule has 0 saturated heterocycles. The second-order valence-electron chi connectivity index (χ2n) is 9.25. The average molecular weight is 410 g/mol. The van der Waals surface area contributed by atoms with E-state index in [2.05, 4.69) is 13.8 Å². The van der Waals surface area contributed by atoms with Crippen LogP contribution in [0.4, 0.5) is 0 Å². The Morgan fingerprint density at radius 1 is 0.379 bits per heavy atom. The zero-order chi connectivity index (χ0) is 21.1. The lowest BCUT2D eigenvalue weighted by Crippen LogP contribution is -1.89. The minimum atomic E-state index is 0.888. The molecule has 0 bridgehead atoms. The predicted octanol–water partition coefficient (Wildman–Crippen LogP) is 10.6. The van der Waals surface area contributed by atoms with Crippen LogP contribution < -0.4 is 0 Å². The minimum absolute atomic E-state index is 0.888. The Kier molecular flexibility index (Phi) is 27.9. The molecule has 0 aromatic heterocycles. The summed E-state index contributed by atoms with van der Waals surface area (Å²) in [6.45, 7) is 7.36. The third-order valence-corrected chi connectivity index (χ3v) is 6.12. The van der Waals surface area contributed by atoms with Crippen LogP contribution in [0.1, 0.15) is 168 Å². The first-order valence-corrected chi connectivity index (χ1v) is 13.8. The Balaban J connectivity index is 2.97. The Bertz CT molecular complexity index is 237. The van der Waals surface area contributed by atoms with Gasteiger partial charge in [-0.15, -0.1) is 0 Å². The quantitative estimate of drug-likeness (QED) is 0.129. The summed E-state index contributed by atoms with van der Waals surface area (Å²) in [6, 6.07) is 0. The minimum Gasteiger partial charge on any atom is -0.376 e. The van der Waals surface area contributed by atoms with Crippen molar-refractivity contribution in [3.8, 4) is 0 Å². The van der Waals surface area contributed by atoms with Crippen molar-refractivity contribution in [2.45, 2.75) is 168 Å². The van der Waals surface area contributed by atoms with Crippen LogP contribution in [0.5, 0.6) is 0 Å². The lowest BCUT2D eigenvalue weighted by Gasteiger charge is -2.04. The van der Waals surface area contributed by atoms with E-state index in [1.54, 1.807) is 0 Å². The van der Waals surface area contributed by atoms with Crippen molar-refractivity contribution >= 4 is 0 Å². The fourth-order valence-corrected chi connectivity index (χ4v) is 4.12. The van der Waals surface area contributed by atoms with Crippen molar-refractivity contribution < 1.29 is 4.74 Å². The van der Waals surface area contributed by atoms with E-state index in [-0.39, 0.29) is 0 Å². The number of hydrogen-bond acceptors (Lipinski definition) is 1. The molecule has 0 rings (SSSR count). The molecule has 0 aromatic rings. The van der Waals surface area contributed by atoms with Gasteiger partial charge in [-0.25, -0.2) is 0 Å². The van der Waals surface area contributed by atoms with Crippen molar-refractivity contribution in [1.29, 1.82) is 0 Å². The van der Waals surface area contributed by atoms with E-state index >= 15 is 0 Å². The first-order valence-electron chi connectivity index (χ1n) is 13.8. The molecule has 1 radical (unpaired) electrons. The molecule has 175 valence electrons. The van der Waals surface area contributed by atoms with Crippen LogP contribution in [0.15, 0.2) is 0 Å². The molecule has 1 heteroatoms. The van der Waals surface area contributed by atoms with Gasteiger partial charge in [-0.1, -0.05) is 155 Å². The first kappa shape index (κ1) is 29.0. The normalized spacial score (nSPS) is 11.4. The zero-order valence-electron chi connectivity index (χ0n) is 20.7. The van der Waals surface area contributed by atoms with Gasteiger partial charge in [0.1, 0.15) is 0 Å². The molecular weight excluding hydrogens is 352 g/mol. The van der Waals surface area contributed by atoms with Gasteiger partial charge in [-0.3, -0.25) is 0 Å². The summed E-state index contributed by atoms with van der Waals surface area (Å²) in [5, 5.41) is 0. The average Bonchev–Trinajstić information content (AvgIpc) is 2.74. The van der Waals surface area contributed by atoms with E-state index in [0.29, 0.717) is 0 Å². The van der Waals surface area contributed by atoms with E-state index in [0.717, 1.165) is 19.4 Å². The fourth-order valence-electron chi connectivity index (χ4n) is 4.12. The van der Waals surface area contributed by atoms with Gasteiger partial charge in [0, 0.05) is 6.61 Å². The van der Waals surface area contributed by atoms with Crippen molar-refractivity contribution in [2.75, 3.05) is 6.61 Å². The molecule has 0 atom stereocenters. The van der Waals surface area contributed by atoms with E-state index in [4.69, 9.17) is 4.74 Å². The lowest BCUT2D eigenvalue weighted by molar-refractivity contribution is 0.190. The molecular formula is C28H57O. The van der Waals surface area contributed by atoms with Gasteiger partial charge >= 0.3 is 0 Å². The molecule has 0 aliphatic rings. The molecule has 0 spiro atoms. The van der Waals surface area contributed by atoms with Crippen molar-refractivity contribution in [3.05, 3.63) is 6.61 Å². The molecule has 0 aromatic carbocycles. The second kappa shape index (κ2) is 28.0. The van der Waals surface area contributed by atoms with Crippen molar-refractivity contribution in [3.63, 3.8) is 0 Å². The van der Waals surface area contributed by atoms with E-state index in [1.165, 1.54) is 141 Å². The van der Waals surface area contributed by atoms with Crippen molar-refractivity contribution in [1.82, 2.24) is 0 Å². The van der Waals surface area contributed by atoms with Crippen LogP contribution in [-0.2, 0) is 4.74 Å². The van der Waals surface area contributed by atoms with Gasteiger partial charge in [-0.2, -0.15) is 0 Å². The highest BCUT2D eigenvalue weighted by atomic mass is 16.5. The first-order chi connectivity index (χ1) is 14.4. The summed E-state index contributed by atoms with van der Waals surface area (Å²) < 4.78 is 5.40. The maximum atomic E-state index is 5.40. The number of ether oxygens (including phenoxy) is 1. The maximum Gasteiger partial charge on any atom is 0.0836 e. The molecule has 0 saturated carbocycles. The summed E-state index contributed by atoms with van der Waals surface area (Å²) >= 11 is 0. The zero-order valence-corrected chi connectivity index (χ0v) is 20.7.